The second kappa shape index (κ2) is 10.0. The highest BCUT2D eigenvalue weighted by Crippen LogP contribution is 2.19. The van der Waals surface area contributed by atoms with E-state index in [0.717, 1.165) is 43.8 Å². The lowest BCUT2D eigenvalue weighted by Gasteiger charge is -2.32. The molecule has 0 unspecified atom stereocenters. The van der Waals surface area contributed by atoms with Crippen molar-refractivity contribution in [3.05, 3.63) is 71.6 Å². The molecule has 1 amide bonds. The van der Waals surface area contributed by atoms with E-state index >= 15 is 0 Å². The smallest absolute Gasteiger partial charge is 0.251 e. The number of halogens is 1. The first-order chi connectivity index (χ1) is 13.7. The third-order valence-corrected chi connectivity index (χ3v) is 5.06. The number of carbonyl (C=O) groups is 1. The fourth-order valence-electron chi connectivity index (χ4n) is 3.56. The number of ether oxygens (including phenoxy) is 1. The van der Waals surface area contributed by atoms with E-state index in [1.54, 1.807) is 7.11 Å². The first-order valence-corrected chi connectivity index (χ1v) is 9.71. The van der Waals surface area contributed by atoms with Gasteiger partial charge in [-0.1, -0.05) is 30.4 Å². The highest BCUT2D eigenvalue weighted by atomic mass is 19.1. The number of nitrogens with one attached hydrogen (secondary N) is 1. The molecule has 1 heterocycles. The standard InChI is InChI=1S/C23H27FN2O2/c1-28-22-9-3-2-7-19(22)8-5-15-26-14-4-6-18(17-26)16-25-23(27)20-10-12-21(24)13-11-20/h2-3,5,7-13,18H,4,6,14-17H2,1H3,(H,25,27)/b8-5+/t18-/m0/s1. The number of hydrogen-bond acceptors (Lipinski definition) is 3. The molecule has 1 atom stereocenters. The van der Waals surface area contributed by atoms with Gasteiger partial charge < -0.3 is 10.1 Å². The number of piperidine rings is 1. The predicted molar refractivity (Wildman–Crippen MR) is 110 cm³/mol. The number of methoxy groups -OCH3 is 1. The molecule has 2 aromatic rings. The monoisotopic (exact) mass is 382 g/mol. The Kier molecular flexibility index (Phi) is 7.20. The van der Waals surface area contributed by atoms with E-state index in [1.807, 2.05) is 24.3 Å². The molecular weight excluding hydrogens is 355 g/mol. The van der Waals surface area contributed by atoms with Crippen molar-refractivity contribution >= 4 is 12.0 Å². The van der Waals surface area contributed by atoms with Crippen LogP contribution in [-0.4, -0.2) is 44.1 Å². The van der Waals surface area contributed by atoms with Crippen LogP contribution < -0.4 is 10.1 Å². The van der Waals surface area contributed by atoms with E-state index in [-0.39, 0.29) is 11.7 Å². The zero-order valence-electron chi connectivity index (χ0n) is 16.2. The summed E-state index contributed by atoms with van der Waals surface area (Å²) in [4.78, 5) is 14.6. The molecule has 1 fully saturated rings. The molecule has 0 aliphatic carbocycles. The molecular formula is C23H27FN2O2. The molecule has 1 aliphatic heterocycles. The van der Waals surface area contributed by atoms with Crippen molar-refractivity contribution in [1.82, 2.24) is 10.2 Å². The lowest BCUT2D eigenvalue weighted by molar-refractivity contribution is 0.0934. The van der Waals surface area contributed by atoms with Crippen molar-refractivity contribution in [2.75, 3.05) is 33.3 Å². The number of carbonyl (C=O) groups excluding carboxylic acids is 1. The number of benzene rings is 2. The first-order valence-electron chi connectivity index (χ1n) is 9.71. The summed E-state index contributed by atoms with van der Waals surface area (Å²) in [5.41, 5.74) is 1.57. The van der Waals surface area contributed by atoms with Crippen LogP contribution in [0.4, 0.5) is 4.39 Å². The molecule has 1 aliphatic rings. The Hall–Kier alpha value is -2.66. The minimum Gasteiger partial charge on any atom is -0.496 e. The summed E-state index contributed by atoms with van der Waals surface area (Å²) < 4.78 is 18.3. The van der Waals surface area contributed by atoms with E-state index in [0.29, 0.717) is 18.0 Å². The molecule has 0 aromatic heterocycles. The van der Waals surface area contributed by atoms with Crippen molar-refractivity contribution in [3.8, 4) is 5.75 Å². The summed E-state index contributed by atoms with van der Waals surface area (Å²) in [5, 5.41) is 2.98. The maximum absolute atomic E-state index is 13.0. The molecule has 148 valence electrons. The van der Waals surface area contributed by atoms with Crippen molar-refractivity contribution in [1.29, 1.82) is 0 Å². The van der Waals surface area contributed by atoms with Crippen molar-refractivity contribution in [2.24, 2.45) is 5.92 Å². The Labute approximate surface area is 166 Å². The molecule has 0 radical (unpaired) electrons. The summed E-state index contributed by atoms with van der Waals surface area (Å²) in [7, 11) is 1.68. The molecule has 1 saturated heterocycles. The Bertz CT molecular complexity index is 805. The third-order valence-electron chi connectivity index (χ3n) is 5.06. The Morgan fingerprint density at radius 1 is 1.25 bits per heavy atom. The Morgan fingerprint density at radius 3 is 2.82 bits per heavy atom. The lowest BCUT2D eigenvalue weighted by atomic mass is 9.98. The van der Waals surface area contributed by atoms with E-state index in [9.17, 15) is 9.18 Å². The molecule has 1 N–H and O–H groups in total. The SMILES string of the molecule is COc1ccccc1/C=C/CN1CCC[C@@H](CNC(=O)c2ccc(F)cc2)C1. The average Bonchev–Trinajstić information content (AvgIpc) is 2.73. The number of rotatable bonds is 7. The van der Waals surface area contributed by atoms with Crippen molar-refractivity contribution in [2.45, 2.75) is 12.8 Å². The topological polar surface area (TPSA) is 41.6 Å². The highest BCUT2D eigenvalue weighted by molar-refractivity contribution is 5.94. The Morgan fingerprint density at radius 2 is 2.04 bits per heavy atom. The average molecular weight is 382 g/mol. The van der Waals surface area contributed by atoms with Crippen LogP contribution >= 0.6 is 0 Å². The van der Waals surface area contributed by atoms with Crippen LogP contribution in [-0.2, 0) is 0 Å². The fourth-order valence-corrected chi connectivity index (χ4v) is 3.56. The minimum atomic E-state index is -0.333. The quantitative estimate of drug-likeness (QED) is 0.787. The molecule has 4 nitrogen and oxygen atoms in total. The molecule has 0 spiro atoms. The highest BCUT2D eigenvalue weighted by Gasteiger charge is 2.19. The zero-order chi connectivity index (χ0) is 19.8. The van der Waals surface area contributed by atoms with E-state index in [2.05, 4.69) is 22.4 Å². The number of nitrogens with zero attached hydrogens (tertiary/aromatic N) is 1. The normalized spacial score (nSPS) is 17.6. The van der Waals surface area contributed by atoms with E-state index in [1.165, 1.54) is 24.3 Å². The molecule has 5 heteroatoms. The number of para-hydroxylation sites is 1. The van der Waals surface area contributed by atoms with E-state index < -0.39 is 0 Å². The molecule has 3 rings (SSSR count). The number of amides is 1. The Balaban J connectivity index is 1.46. The van der Waals surface area contributed by atoms with Crippen LogP contribution in [0.15, 0.2) is 54.6 Å². The van der Waals surface area contributed by atoms with Gasteiger partial charge in [0, 0.05) is 30.8 Å². The summed E-state index contributed by atoms with van der Waals surface area (Å²) in [5.74, 6) is 0.824. The van der Waals surface area contributed by atoms with Gasteiger partial charge >= 0.3 is 0 Å². The van der Waals surface area contributed by atoms with Crippen LogP contribution in [0.5, 0.6) is 5.75 Å². The van der Waals surface area contributed by atoms with Crippen LogP contribution in [0.1, 0.15) is 28.8 Å². The lowest BCUT2D eigenvalue weighted by Crippen LogP contribution is -2.40. The number of likely N-dealkylation sites (tertiary alicyclic amines) is 1. The van der Waals surface area contributed by atoms with Crippen LogP contribution in [0.25, 0.3) is 6.08 Å². The van der Waals surface area contributed by atoms with Crippen LogP contribution in [0, 0.1) is 11.7 Å². The summed E-state index contributed by atoms with van der Waals surface area (Å²) in [6.45, 7) is 3.54. The van der Waals surface area contributed by atoms with Crippen molar-refractivity contribution in [3.63, 3.8) is 0 Å². The maximum Gasteiger partial charge on any atom is 0.251 e. The third kappa shape index (κ3) is 5.67. The number of hydrogen-bond donors (Lipinski definition) is 1. The maximum atomic E-state index is 13.0. The van der Waals surface area contributed by atoms with Gasteiger partial charge in [0.15, 0.2) is 0 Å². The van der Waals surface area contributed by atoms with Gasteiger partial charge in [0.1, 0.15) is 11.6 Å². The minimum absolute atomic E-state index is 0.145. The molecule has 0 bridgehead atoms. The largest absolute Gasteiger partial charge is 0.496 e. The van der Waals surface area contributed by atoms with Gasteiger partial charge in [0.2, 0.25) is 0 Å². The molecule has 2 aromatic carbocycles. The van der Waals surface area contributed by atoms with Crippen molar-refractivity contribution < 1.29 is 13.9 Å². The van der Waals surface area contributed by atoms with Crippen LogP contribution in [0.3, 0.4) is 0 Å². The van der Waals surface area contributed by atoms with Gasteiger partial charge in [-0.25, -0.2) is 4.39 Å². The summed E-state index contributed by atoms with van der Waals surface area (Å²) >= 11 is 0. The van der Waals surface area contributed by atoms with Gasteiger partial charge in [0.25, 0.3) is 5.91 Å². The predicted octanol–water partition coefficient (Wildman–Crippen LogP) is 3.99. The van der Waals surface area contributed by atoms with Gasteiger partial charge in [0.05, 0.1) is 7.11 Å². The molecule has 28 heavy (non-hydrogen) atoms. The second-order valence-corrected chi connectivity index (χ2v) is 7.13. The summed E-state index contributed by atoms with van der Waals surface area (Å²) in [6.07, 6.45) is 6.49. The van der Waals surface area contributed by atoms with Gasteiger partial charge in [-0.3, -0.25) is 9.69 Å². The second-order valence-electron chi connectivity index (χ2n) is 7.13. The van der Waals surface area contributed by atoms with Gasteiger partial charge in [-0.2, -0.15) is 0 Å². The summed E-state index contributed by atoms with van der Waals surface area (Å²) in [6, 6.07) is 13.6. The van der Waals surface area contributed by atoms with E-state index in [4.69, 9.17) is 4.74 Å². The van der Waals surface area contributed by atoms with Gasteiger partial charge in [-0.15, -0.1) is 0 Å². The fraction of sp³-hybridized carbons (Fsp3) is 0.348. The first kappa shape index (κ1) is 20.1. The molecule has 0 saturated carbocycles. The van der Waals surface area contributed by atoms with Gasteiger partial charge in [-0.05, 0) is 55.6 Å². The van der Waals surface area contributed by atoms with Crippen LogP contribution in [0.2, 0.25) is 0 Å². The zero-order valence-corrected chi connectivity index (χ0v) is 16.2.